The second kappa shape index (κ2) is 5.38. The zero-order valence-corrected chi connectivity index (χ0v) is 9.75. The van der Waals surface area contributed by atoms with Crippen LogP contribution in [0.15, 0.2) is 0 Å². The molecule has 1 rings (SSSR count). The Morgan fingerprint density at radius 3 is 2.79 bits per heavy atom. The van der Waals surface area contributed by atoms with Crippen molar-refractivity contribution in [1.29, 1.82) is 0 Å². The van der Waals surface area contributed by atoms with Gasteiger partial charge < -0.3 is 4.90 Å². The molecular weight excluding hydrogens is 174 g/mol. The van der Waals surface area contributed by atoms with E-state index in [-0.39, 0.29) is 0 Å². The molecule has 2 heteroatoms. The summed E-state index contributed by atoms with van der Waals surface area (Å²) < 4.78 is 0. The molecule has 1 amide bonds. The summed E-state index contributed by atoms with van der Waals surface area (Å²) in [6, 6.07) is 0.536. The van der Waals surface area contributed by atoms with Crippen molar-refractivity contribution in [3.63, 3.8) is 0 Å². The summed E-state index contributed by atoms with van der Waals surface area (Å²) in [6.07, 6.45) is 5.37. The number of rotatable bonds is 5. The molecule has 0 spiro atoms. The second-order valence-electron chi connectivity index (χ2n) is 4.76. The predicted molar refractivity (Wildman–Crippen MR) is 59.1 cm³/mol. The lowest BCUT2D eigenvalue weighted by Crippen LogP contribution is -2.34. The minimum Gasteiger partial charge on any atom is -0.340 e. The fourth-order valence-electron chi connectivity index (χ4n) is 2.22. The Bertz CT molecular complexity index is 189. The summed E-state index contributed by atoms with van der Waals surface area (Å²) in [7, 11) is 0. The topological polar surface area (TPSA) is 20.3 Å². The van der Waals surface area contributed by atoms with E-state index < -0.39 is 0 Å². The molecule has 1 aliphatic rings. The SMILES string of the molecule is CCCCN1C(=O)CCC1CC(C)C. The second-order valence-corrected chi connectivity index (χ2v) is 4.76. The number of carbonyl (C=O) groups is 1. The maximum absolute atomic E-state index is 11.6. The fraction of sp³-hybridized carbons (Fsp3) is 0.917. The maximum Gasteiger partial charge on any atom is 0.222 e. The average Bonchev–Trinajstić information content (AvgIpc) is 2.44. The molecule has 82 valence electrons. The van der Waals surface area contributed by atoms with Crippen molar-refractivity contribution < 1.29 is 4.79 Å². The van der Waals surface area contributed by atoms with Crippen molar-refractivity contribution in [1.82, 2.24) is 4.90 Å². The standard InChI is InChI=1S/C12H23NO/c1-4-5-8-13-11(9-10(2)3)6-7-12(13)14/h10-11H,4-9H2,1-3H3. The summed E-state index contributed by atoms with van der Waals surface area (Å²) in [6.45, 7) is 7.63. The molecule has 1 heterocycles. The molecule has 1 fully saturated rings. The first kappa shape index (κ1) is 11.5. The van der Waals surface area contributed by atoms with Crippen molar-refractivity contribution in [2.24, 2.45) is 5.92 Å². The van der Waals surface area contributed by atoms with Crippen molar-refractivity contribution in [2.45, 2.75) is 58.9 Å². The van der Waals surface area contributed by atoms with Crippen molar-refractivity contribution >= 4 is 5.91 Å². The first-order valence-electron chi connectivity index (χ1n) is 5.94. The van der Waals surface area contributed by atoms with Crippen LogP contribution in [0.1, 0.15) is 52.9 Å². The van der Waals surface area contributed by atoms with E-state index in [1.54, 1.807) is 0 Å². The van der Waals surface area contributed by atoms with E-state index in [2.05, 4.69) is 25.7 Å². The molecule has 1 aliphatic heterocycles. The molecule has 1 saturated heterocycles. The van der Waals surface area contributed by atoms with Gasteiger partial charge in [0.1, 0.15) is 0 Å². The third-order valence-electron chi connectivity index (χ3n) is 2.95. The number of hydrogen-bond acceptors (Lipinski definition) is 1. The van der Waals surface area contributed by atoms with Crippen LogP contribution in [-0.2, 0) is 4.79 Å². The van der Waals surface area contributed by atoms with E-state index in [1.165, 1.54) is 12.8 Å². The Morgan fingerprint density at radius 1 is 1.50 bits per heavy atom. The molecule has 0 aromatic carbocycles. The van der Waals surface area contributed by atoms with Gasteiger partial charge in [-0.2, -0.15) is 0 Å². The smallest absolute Gasteiger partial charge is 0.222 e. The van der Waals surface area contributed by atoms with Gasteiger partial charge in [0.2, 0.25) is 5.91 Å². The molecule has 1 atom stereocenters. The van der Waals surface area contributed by atoms with Gasteiger partial charge in [-0.25, -0.2) is 0 Å². The highest BCUT2D eigenvalue weighted by Crippen LogP contribution is 2.24. The molecule has 0 N–H and O–H groups in total. The Kier molecular flexibility index (Phi) is 4.43. The number of hydrogen-bond donors (Lipinski definition) is 0. The van der Waals surface area contributed by atoms with Gasteiger partial charge in [0.15, 0.2) is 0 Å². The van der Waals surface area contributed by atoms with E-state index in [1.807, 2.05) is 0 Å². The highest BCUT2D eigenvalue weighted by Gasteiger charge is 2.30. The highest BCUT2D eigenvalue weighted by molar-refractivity contribution is 5.78. The fourth-order valence-corrected chi connectivity index (χ4v) is 2.22. The molecule has 0 aromatic rings. The Balaban J connectivity index is 2.44. The summed E-state index contributed by atoms with van der Waals surface area (Å²) >= 11 is 0. The van der Waals surface area contributed by atoms with E-state index in [0.717, 1.165) is 25.8 Å². The maximum atomic E-state index is 11.6. The van der Waals surface area contributed by atoms with Crippen molar-refractivity contribution in [2.75, 3.05) is 6.54 Å². The third kappa shape index (κ3) is 3.00. The van der Waals surface area contributed by atoms with Crippen molar-refractivity contribution in [3.05, 3.63) is 0 Å². The lowest BCUT2D eigenvalue weighted by molar-refractivity contribution is -0.129. The molecule has 0 aliphatic carbocycles. The van der Waals surface area contributed by atoms with Crippen LogP contribution in [0.5, 0.6) is 0 Å². The van der Waals surface area contributed by atoms with E-state index >= 15 is 0 Å². The predicted octanol–water partition coefficient (Wildman–Crippen LogP) is 2.82. The van der Waals surface area contributed by atoms with Crippen LogP contribution in [0.4, 0.5) is 0 Å². The number of nitrogens with zero attached hydrogens (tertiary/aromatic N) is 1. The lowest BCUT2D eigenvalue weighted by Gasteiger charge is -2.26. The lowest BCUT2D eigenvalue weighted by atomic mass is 10.0. The van der Waals surface area contributed by atoms with Crippen LogP contribution in [0.3, 0.4) is 0 Å². The monoisotopic (exact) mass is 197 g/mol. The Labute approximate surface area is 87.7 Å². The number of carbonyl (C=O) groups excluding carboxylic acids is 1. The molecule has 14 heavy (non-hydrogen) atoms. The van der Waals surface area contributed by atoms with Gasteiger partial charge in [0, 0.05) is 19.0 Å². The third-order valence-corrected chi connectivity index (χ3v) is 2.95. The van der Waals surface area contributed by atoms with Gasteiger partial charge in [-0.3, -0.25) is 4.79 Å². The zero-order valence-electron chi connectivity index (χ0n) is 9.75. The number of unbranched alkanes of at least 4 members (excludes halogenated alkanes) is 1. The Hall–Kier alpha value is -0.530. The van der Waals surface area contributed by atoms with Gasteiger partial charge in [0.25, 0.3) is 0 Å². The summed E-state index contributed by atoms with van der Waals surface area (Å²) in [4.78, 5) is 13.7. The summed E-state index contributed by atoms with van der Waals surface area (Å²) in [5.41, 5.74) is 0. The van der Waals surface area contributed by atoms with Gasteiger partial charge >= 0.3 is 0 Å². The van der Waals surface area contributed by atoms with E-state index in [0.29, 0.717) is 17.9 Å². The minimum atomic E-state index is 0.379. The minimum absolute atomic E-state index is 0.379. The normalized spacial score (nSPS) is 22.4. The van der Waals surface area contributed by atoms with Crippen LogP contribution in [0, 0.1) is 5.92 Å². The van der Waals surface area contributed by atoms with Gasteiger partial charge in [-0.15, -0.1) is 0 Å². The quantitative estimate of drug-likeness (QED) is 0.663. The zero-order chi connectivity index (χ0) is 10.6. The molecular formula is C12H23NO. The van der Waals surface area contributed by atoms with Crippen LogP contribution >= 0.6 is 0 Å². The molecule has 1 unspecified atom stereocenters. The molecule has 0 saturated carbocycles. The molecule has 0 radical (unpaired) electrons. The number of amides is 1. The van der Waals surface area contributed by atoms with E-state index in [4.69, 9.17) is 0 Å². The molecule has 2 nitrogen and oxygen atoms in total. The summed E-state index contributed by atoms with van der Waals surface area (Å²) in [5.74, 6) is 1.08. The van der Waals surface area contributed by atoms with Gasteiger partial charge in [0.05, 0.1) is 0 Å². The van der Waals surface area contributed by atoms with Crippen LogP contribution < -0.4 is 0 Å². The van der Waals surface area contributed by atoms with Crippen LogP contribution in [0.25, 0.3) is 0 Å². The Morgan fingerprint density at radius 2 is 2.21 bits per heavy atom. The highest BCUT2D eigenvalue weighted by atomic mass is 16.2. The van der Waals surface area contributed by atoms with Crippen LogP contribution in [-0.4, -0.2) is 23.4 Å². The van der Waals surface area contributed by atoms with Crippen molar-refractivity contribution in [3.8, 4) is 0 Å². The van der Waals surface area contributed by atoms with Gasteiger partial charge in [-0.05, 0) is 25.2 Å². The average molecular weight is 197 g/mol. The van der Waals surface area contributed by atoms with Crippen LogP contribution in [0.2, 0.25) is 0 Å². The summed E-state index contributed by atoms with van der Waals surface area (Å²) in [5, 5.41) is 0. The molecule has 0 aromatic heterocycles. The first-order valence-corrected chi connectivity index (χ1v) is 5.94. The first-order chi connectivity index (χ1) is 6.65. The van der Waals surface area contributed by atoms with Gasteiger partial charge in [-0.1, -0.05) is 27.2 Å². The van der Waals surface area contributed by atoms with E-state index in [9.17, 15) is 4.79 Å². The largest absolute Gasteiger partial charge is 0.340 e. The number of likely N-dealkylation sites (tertiary alicyclic amines) is 1. The molecule has 0 bridgehead atoms.